The number of hydrogen-bond donors (Lipinski definition) is 1. The Morgan fingerprint density at radius 2 is 2.05 bits per heavy atom. The lowest BCUT2D eigenvalue weighted by atomic mass is 10.1. The second-order valence-electron chi connectivity index (χ2n) is 5.16. The van der Waals surface area contributed by atoms with Gasteiger partial charge in [-0.1, -0.05) is 6.07 Å². The summed E-state index contributed by atoms with van der Waals surface area (Å²) in [6.07, 6.45) is 3.79. The van der Waals surface area contributed by atoms with Crippen LogP contribution in [0.5, 0.6) is 0 Å². The summed E-state index contributed by atoms with van der Waals surface area (Å²) in [4.78, 5) is 6.51. The largest absolute Gasteiger partial charge is 0.377 e. The van der Waals surface area contributed by atoms with Crippen LogP contribution < -0.4 is 10.2 Å². The lowest BCUT2D eigenvalue weighted by Gasteiger charge is -2.20. The number of benzene rings is 1. The highest BCUT2D eigenvalue weighted by Gasteiger charge is 2.11. The minimum absolute atomic E-state index is 0.178. The van der Waals surface area contributed by atoms with Gasteiger partial charge in [0.05, 0.1) is 6.04 Å². The number of hydrogen-bond acceptors (Lipinski definition) is 3. The van der Waals surface area contributed by atoms with Crippen LogP contribution >= 0.6 is 0 Å². The molecule has 4 heteroatoms. The van der Waals surface area contributed by atoms with Gasteiger partial charge in [-0.05, 0) is 31.5 Å². The van der Waals surface area contributed by atoms with Crippen LogP contribution in [0.2, 0.25) is 0 Å². The van der Waals surface area contributed by atoms with E-state index < -0.39 is 0 Å². The van der Waals surface area contributed by atoms with Gasteiger partial charge in [0, 0.05) is 44.9 Å². The maximum Gasteiger partial charge on any atom is 0.130 e. The van der Waals surface area contributed by atoms with E-state index in [1.807, 2.05) is 24.0 Å². The first-order chi connectivity index (χ1) is 8.99. The summed E-state index contributed by atoms with van der Waals surface area (Å²) < 4.78 is 2.04. The molecular formula is C15H22N4. The summed E-state index contributed by atoms with van der Waals surface area (Å²) in [5.74, 6) is 1.03. The van der Waals surface area contributed by atoms with Crippen LogP contribution in [0.4, 0.5) is 11.4 Å². The maximum absolute atomic E-state index is 4.38. The molecule has 2 rings (SSSR count). The maximum atomic E-state index is 4.38. The standard InChI is InChI=1S/C15H22N4/c1-11-6-7-13(10-14(11)18(3)4)17-12(2)15-16-8-9-19(15)5/h6-10,12,17H,1-5H3. The predicted molar refractivity (Wildman–Crippen MR) is 80.8 cm³/mol. The van der Waals surface area contributed by atoms with Gasteiger partial charge >= 0.3 is 0 Å². The Bertz CT molecular complexity index is 557. The Balaban J connectivity index is 2.20. The van der Waals surface area contributed by atoms with Gasteiger partial charge in [0.2, 0.25) is 0 Å². The summed E-state index contributed by atoms with van der Waals surface area (Å²) in [7, 11) is 6.14. The molecule has 0 spiro atoms. The molecule has 0 saturated carbocycles. The summed E-state index contributed by atoms with van der Waals surface area (Å²) in [5.41, 5.74) is 3.63. The van der Waals surface area contributed by atoms with Gasteiger partial charge in [-0.3, -0.25) is 0 Å². The van der Waals surface area contributed by atoms with E-state index in [2.05, 4.69) is 61.3 Å². The Labute approximate surface area is 115 Å². The zero-order valence-electron chi connectivity index (χ0n) is 12.3. The molecule has 0 amide bonds. The number of imidazole rings is 1. The fourth-order valence-corrected chi connectivity index (χ4v) is 2.29. The van der Waals surface area contributed by atoms with Crippen molar-refractivity contribution in [3.05, 3.63) is 42.0 Å². The summed E-state index contributed by atoms with van der Waals surface area (Å²) in [6, 6.07) is 6.61. The Morgan fingerprint density at radius 3 is 2.63 bits per heavy atom. The van der Waals surface area contributed by atoms with Gasteiger partial charge in [0.25, 0.3) is 0 Å². The molecule has 102 valence electrons. The van der Waals surface area contributed by atoms with Crippen molar-refractivity contribution in [1.29, 1.82) is 0 Å². The second-order valence-corrected chi connectivity index (χ2v) is 5.16. The molecule has 0 bridgehead atoms. The van der Waals surface area contributed by atoms with Crippen molar-refractivity contribution >= 4 is 11.4 Å². The van der Waals surface area contributed by atoms with Gasteiger partial charge in [-0.25, -0.2) is 4.98 Å². The molecule has 1 aromatic heterocycles. The van der Waals surface area contributed by atoms with Crippen LogP contribution in [0.25, 0.3) is 0 Å². The highest BCUT2D eigenvalue weighted by molar-refractivity contribution is 5.62. The molecule has 1 atom stereocenters. The topological polar surface area (TPSA) is 33.1 Å². The van der Waals surface area contributed by atoms with E-state index in [4.69, 9.17) is 0 Å². The van der Waals surface area contributed by atoms with Crippen molar-refractivity contribution in [2.75, 3.05) is 24.3 Å². The minimum Gasteiger partial charge on any atom is -0.377 e. The van der Waals surface area contributed by atoms with Crippen molar-refractivity contribution in [1.82, 2.24) is 9.55 Å². The van der Waals surface area contributed by atoms with Gasteiger partial charge < -0.3 is 14.8 Å². The number of rotatable bonds is 4. The second kappa shape index (κ2) is 5.34. The van der Waals surface area contributed by atoms with Gasteiger partial charge in [-0.2, -0.15) is 0 Å². The molecule has 0 saturated heterocycles. The third kappa shape index (κ3) is 2.89. The average Bonchev–Trinajstić information content (AvgIpc) is 2.77. The van der Waals surface area contributed by atoms with E-state index in [0.717, 1.165) is 11.5 Å². The van der Waals surface area contributed by atoms with Crippen LogP contribution in [0, 0.1) is 6.92 Å². The van der Waals surface area contributed by atoms with Gasteiger partial charge in [-0.15, -0.1) is 0 Å². The predicted octanol–water partition coefficient (Wildman–Crippen LogP) is 2.97. The van der Waals surface area contributed by atoms with Crippen molar-refractivity contribution in [2.45, 2.75) is 19.9 Å². The number of anilines is 2. The Kier molecular flexibility index (Phi) is 3.79. The molecule has 19 heavy (non-hydrogen) atoms. The van der Waals surface area contributed by atoms with Crippen LogP contribution in [-0.2, 0) is 7.05 Å². The number of aromatic nitrogens is 2. The highest BCUT2D eigenvalue weighted by Crippen LogP contribution is 2.25. The third-order valence-corrected chi connectivity index (χ3v) is 3.32. The molecule has 1 aromatic carbocycles. The molecule has 1 heterocycles. The lowest BCUT2D eigenvalue weighted by Crippen LogP contribution is -2.14. The van der Waals surface area contributed by atoms with Crippen LogP contribution in [-0.4, -0.2) is 23.6 Å². The van der Waals surface area contributed by atoms with Crippen LogP contribution in [0.15, 0.2) is 30.6 Å². The first-order valence-corrected chi connectivity index (χ1v) is 6.50. The summed E-state index contributed by atoms with van der Waals surface area (Å²) >= 11 is 0. The smallest absolute Gasteiger partial charge is 0.130 e. The summed E-state index contributed by atoms with van der Waals surface area (Å²) in [6.45, 7) is 4.25. The van der Waals surface area contributed by atoms with Gasteiger partial charge in [0.1, 0.15) is 5.82 Å². The number of aryl methyl sites for hydroxylation is 2. The van der Waals surface area contributed by atoms with E-state index in [-0.39, 0.29) is 6.04 Å². The van der Waals surface area contributed by atoms with E-state index >= 15 is 0 Å². The fraction of sp³-hybridized carbons (Fsp3) is 0.400. The molecule has 0 radical (unpaired) electrons. The molecule has 0 aliphatic carbocycles. The average molecular weight is 258 g/mol. The summed E-state index contributed by atoms with van der Waals surface area (Å²) in [5, 5.41) is 3.50. The minimum atomic E-state index is 0.178. The number of nitrogens with zero attached hydrogens (tertiary/aromatic N) is 3. The van der Waals surface area contributed by atoms with E-state index in [1.54, 1.807) is 0 Å². The number of nitrogens with one attached hydrogen (secondary N) is 1. The zero-order valence-corrected chi connectivity index (χ0v) is 12.3. The Morgan fingerprint density at radius 1 is 1.32 bits per heavy atom. The van der Waals surface area contributed by atoms with Crippen molar-refractivity contribution < 1.29 is 0 Å². The first kappa shape index (κ1) is 13.5. The van der Waals surface area contributed by atoms with Crippen molar-refractivity contribution in [2.24, 2.45) is 7.05 Å². The van der Waals surface area contributed by atoms with Crippen LogP contribution in [0.3, 0.4) is 0 Å². The van der Waals surface area contributed by atoms with E-state index in [9.17, 15) is 0 Å². The molecular weight excluding hydrogens is 236 g/mol. The molecule has 0 aliphatic heterocycles. The van der Waals surface area contributed by atoms with Crippen molar-refractivity contribution in [3.8, 4) is 0 Å². The molecule has 2 aromatic rings. The molecule has 0 aliphatic rings. The fourth-order valence-electron chi connectivity index (χ4n) is 2.29. The molecule has 0 fully saturated rings. The third-order valence-electron chi connectivity index (χ3n) is 3.32. The quantitative estimate of drug-likeness (QED) is 0.915. The van der Waals surface area contributed by atoms with E-state index in [1.165, 1.54) is 11.3 Å². The first-order valence-electron chi connectivity index (χ1n) is 6.50. The molecule has 1 unspecified atom stereocenters. The molecule has 1 N–H and O–H groups in total. The highest BCUT2D eigenvalue weighted by atomic mass is 15.1. The van der Waals surface area contributed by atoms with Gasteiger partial charge in [0.15, 0.2) is 0 Å². The van der Waals surface area contributed by atoms with Crippen LogP contribution in [0.1, 0.15) is 24.4 Å². The zero-order chi connectivity index (χ0) is 14.0. The van der Waals surface area contributed by atoms with E-state index in [0.29, 0.717) is 0 Å². The molecule has 4 nitrogen and oxygen atoms in total. The van der Waals surface area contributed by atoms with Crippen molar-refractivity contribution in [3.63, 3.8) is 0 Å². The normalized spacial score (nSPS) is 12.3. The SMILES string of the molecule is Cc1ccc(NC(C)c2nccn2C)cc1N(C)C. The Hall–Kier alpha value is -1.97. The lowest BCUT2D eigenvalue weighted by molar-refractivity contribution is 0.721. The monoisotopic (exact) mass is 258 g/mol.